The van der Waals surface area contributed by atoms with Gasteiger partial charge < -0.3 is 15.5 Å². The molecule has 2 amide bonds. The van der Waals surface area contributed by atoms with Crippen LogP contribution in [-0.4, -0.2) is 41.3 Å². The number of pyridine rings is 1. The zero-order valence-electron chi connectivity index (χ0n) is 14.9. The number of halogens is 1. The highest BCUT2D eigenvalue weighted by Crippen LogP contribution is 2.30. The summed E-state index contributed by atoms with van der Waals surface area (Å²) in [6.45, 7) is 2.10. The van der Waals surface area contributed by atoms with E-state index in [1.807, 2.05) is 35.4 Å². The number of anilines is 1. The van der Waals surface area contributed by atoms with Crippen molar-refractivity contribution >= 4 is 29.9 Å². The number of amides is 2. The van der Waals surface area contributed by atoms with Gasteiger partial charge in [-0.15, -0.1) is 12.4 Å². The van der Waals surface area contributed by atoms with E-state index >= 15 is 0 Å². The van der Waals surface area contributed by atoms with Crippen molar-refractivity contribution < 1.29 is 9.59 Å². The van der Waals surface area contributed by atoms with Crippen molar-refractivity contribution in [2.75, 3.05) is 25.0 Å². The summed E-state index contributed by atoms with van der Waals surface area (Å²) in [5.74, 6) is 0.158. The molecule has 1 aromatic heterocycles. The predicted molar refractivity (Wildman–Crippen MR) is 106 cm³/mol. The SMILES string of the molecule is Cl.O=C(Nc1cccc(C(=O)N2CCNCC2c2cccnc2)c1)C1CC1. The number of hydrogen-bond donors (Lipinski definition) is 2. The molecule has 6 nitrogen and oxygen atoms in total. The Balaban J connectivity index is 0.00000210. The molecule has 1 aromatic carbocycles. The lowest BCUT2D eigenvalue weighted by Crippen LogP contribution is -2.48. The Morgan fingerprint density at radius 1 is 1.19 bits per heavy atom. The molecule has 1 saturated carbocycles. The fourth-order valence-electron chi connectivity index (χ4n) is 3.30. The molecule has 4 rings (SSSR count). The van der Waals surface area contributed by atoms with Crippen LogP contribution in [0.3, 0.4) is 0 Å². The molecule has 7 heteroatoms. The van der Waals surface area contributed by atoms with E-state index in [1.54, 1.807) is 18.3 Å². The fraction of sp³-hybridized carbons (Fsp3) is 0.350. The van der Waals surface area contributed by atoms with Gasteiger partial charge in [0.2, 0.25) is 5.91 Å². The minimum atomic E-state index is -0.0466. The van der Waals surface area contributed by atoms with E-state index in [0.717, 1.165) is 24.9 Å². The molecule has 1 aliphatic carbocycles. The summed E-state index contributed by atoms with van der Waals surface area (Å²) in [7, 11) is 0. The maximum Gasteiger partial charge on any atom is 0.254 e. The van der Waals surface area contributed by atoms with Crippen molar-refractivity contribution in [3.8, 4) is 0 Å². The zero-order valence-corrected chi connectivity index (χ0v) is 15.7. The first-order chi connectivity index (χ1) is 12.7. The maximum absolute atomic E-state index is 13.1. The molecule has 2 aromatic rings. The van der Waals surface area contributed by atoms with Gasteiger partial charge in [-0.05, 0) is 42.7 Å². The van der Waals surface area contributed by atoms with Gasteiger partial charge in [0.1, 0.15) is 0 Å². The Bertz CT molecular complexity index is 811. The Kier molecular flexibility index (Phi) is 6.08. The van der Waals surface area contributed by atoms with Crippen LogP contribution < -0.4 is 10.6 Å². The number of rotatable bonds is 4. The second kappa shape index (κ2) is 8.50. The summed E-state index contributed by atoms with van der Waals surface area (Å²) in [5.41, 5.74) is 2.29. The molecule has 1 aliphatic heterocycles. The Morgan fingerprint density at radius 2 is 2.04 bits per heavy atom. The van der Waals surface area contributed by atoms with Crippen molar-refractivity contribution in [3.05, 3.63) is 59.9 Å². The molecule has 2 N–H and O–H groups in total. The first-order valence-corrected chi connectivity index (χ1v) is 9.05. The molecule has 0 bridgehead atoms. The molecular formula is C20H23ClN4O2. The van der Waals surface area contributed by atoms with Crippen LogP contribution in [0, 0.1) is 5.92 Å². The largest absolute Gasteiger partial charge is 0.329 e. The molecule has 27 heavy (non-hydrogen) atoms. The summed E-state index contributed by atoms with van der Waals surface area (Å²) in [4.78, 5) is 31.2. The summed E-state index contributed by atoms with van der Waals surface area (Å²) in [5, 5.41) is 6.26. The van der Waals surface area contributed by atoms with Crippen molar-refractivity contribution in [1.29, 1.82) is 0 Å². The number of hydrogen-bond acceptors (Lipinski definition) is 4. The molecule has 0 spiro atoms. The second-order valence-electron chi connectivity index (χ2n) is 6.85. The topological polar surface area (TPSA) is 74.3 Å². The molecule has 1 unspecified atom stereocenters. The van der Waals surface area contributed by atoms with Crippen molar-refractivity contribution in [3.63, 3.8) is 0 Å². The normalized spacial score (nSPS) is 19.1. The summed E-state index contributed by atoms with van der Waals surface area (Å²) >= 11 is 0. The first kappa shape index (κ1) is 19.3. The average molecular weight is 387 g/mol. The van der Waals surface area contributed by atoms with Gasteiger partial charge in [-0.3, -0.25) is 14.6 Å². The van der Waals surface area contributed by atoms with Crippen LogP contribution in [0.2, 0.25) is 0 Å². The highest BCUT2D eigenvalue weighted by molar-refractivity contribution is 5.98. The number of carbonyl (C=O) groups is 2. The zero-order chi connectivity index (χ0) is 17.9. The van der Waals surface area contributed by atoms with Gasteiger partial charge in [-0.1, -0.05) is 12.1 Å². The minimum Gasteiger partial charge on any atom is -0.329 e. The molecule has 1 atom stereocenters. The van der Waals surface area contributed by atoms with Crippen LogP contribution in [-0.2, 0) is 4.79 Å². The fourth-order valence-corrected chi connectivity index (χ4v) is 3.30. The molecular weight excluding hydrogens is 364 g/mol. The number of carbonyl (C=O) groups excluding carboxylic acids is 2. The third-order valence-corrected chi connectivity index (χ3v) is 4.90. The smallest absolute Gasteiger partial charge is 0.254 e. The molecule has 142 valence electrons. The molecule has 2 fully saturated rings. The lowest BCUT2D eigenvalue weighted by atomic mass is 10.0. The number of piperazine rings is 1. The van der Waals surface area contributed by atoms with Gasteiger partial charge in [0, 0.05) is 49.2 Å². The van der Waals surface area contributed by atoms with Gasteiger partial charge in [-0.25, -0.2) is 0 Å². The number of nitrogens with zero attached hydrogens (tertiary/aromatic N) is 2. The monoisotopic (exact) mass is 386 g/mol. The van der Waals surface area contributed by atoms with Crippen LogP contribution in [0.25, 0.3) is 0 Å². The summed E-state index contributed by atoms with van der Waals surface area (Å²) in [6.07, 6.45) is 5.46. The Labute approximate surface area is 164 Å². The molecule has 2 aliphatic rings. The lowest BCUT2D eigenvalue weighted by molar-refractivity contribution is -0.117. The van der Waals surface area contributed by atoms with E-state index in [1.165, 1.54) is 0 Å². The third kappa shape index (κ3) is 4.46. The predicted octanol–water partition coefficient (Wildman–Crippen LogP) is 2.64. The van der Waals surface area contributed by atoms with E-state index in [-0.39, 0.29) is 36.2 Å². The highest BCUT2D eigenvalue weighted by Gasteiger charge is 2.31. The van der Waals surface area contributed by atoms with Crippen molar-refractivity contribution in [1.82, 2.24) is 15.2 Å². The van der Waals surface area contributed by atoms with E-state index in [2.05, 4.69) is 15.6 Å². The van der Waals surface area contributed by atoms with Crippen LogP contribution in [0.1, 0.15) is 34.8 Å². The molecule has 1 saturated heterocycles. The van der Waals surface area contributed by atoms with E-state index in [4.69, 9.17) is 0 Å². The van der Waals surface area contributed by atoms with Crippen molar-refractivity contribution in [2.24, 2.45) is 5.92 Å². The van der Waals surface area contributed by atoms with Gasteiger partial charge in [0.05, 0.1) is 6.04 Å². The van der Waals surface area contributed by atoms with E-state index < -0.39 is 0 Å². The second-order valence-corrected chi connectivity index (χ2v) is 6.85. The Morgan fingerprint density at radius 3 is 2.78 bits per heavy atom. The summed E-state index contributed by atoms with van der Waals surface area (Å²) in [6, 6.07) is 11.1. The van der Waals surface area contributed by atoms with Gasteiger partial charge in [0.25, 0.3) is 5.91 Å². The van der Waals surface area contributed by atoms with Crippen LogP contribution >= 0.6 is 12.4 Å². The van der Waals surface area contributed by atoms with Crippen LogP contribution in [0.15, 0.2) is 48.8 Å². The highest BCUT2D eigenvalue weighted by atomic mass is 35.5. The summed E-state index contributed by atoms with van der Waals surface area (Å²) < 4.78 is 0. The quantitative estimate of drug-likeness (QED) is 0.847. The van der Waals surface area contributed by atoms with Crippen LogP contribution in [0.4, 0.5) is 5.69 Å². The average Bonchev–Trinajstić information content (AvgIpc) is 3.54. The lowest BCUT2D eigenvalue weighted by Gasteiger charge is -2.36. The standard InChI is InChI=1S/C20H22N4O2.ClH/c25-19(14-6-7-14)23-17-5-1-3-15(11-17)20(26)24-10-9-22-13-18(24)16-4-2-8-21-12-16;/h1-5,8,11-12,14,18,22H,6-7,9-10,13H2,(H,23,25);1H. The first-order valence-electron chi connectivity index (χ1n) is 9.05. The number of nitrogens with one attached hydrogen (secondary N) is 2. The van der Waals surface area contributed by atoms with Gasteiger partial charge >= 0.3 is 0 Å². The van der Waals surface area contributed by atoms with Gasteiger partial charge in [0.15, 0.2) is 0 Å². The Hall–Kier alpha value is -2.44. The van der Waals surface area contributed by atoms with Crippen LogP contribution in [0.5, 0.6) is 0 Å². The number of benzene rings is 1. The molecule has 2 heterocycles. The van der Waals surface area contributed by atoms with E-state index in [9.17, 15) is 9.59 Å². The van der Waals surface area contributed by atoms with E-state index in [0.29, 0.717) is 24.3 Å². The van der Waals surface area contributed by atoms with Crippen molar-refractivity contribution in [2.45, 2.75) is 18.9 Å². The number of aromatic nitrogens is 1. The third-order valence-electron chi connectivity index (χ3n) is 4.90. The minimum absolute atomic E-state index is 0. The maximum atomic E-state index is 13.1. The molecule has 0 radical (unpaired) electrons. The van der Waals surface area contributed by atoms with Gasteiger partial charge in [-0.2, -0.15) is 0 Å².